The Morgan fingerprint density at radius 1 is 1.05 bits per heavy atom. The van der Waals surface area contributed by atoms with Crippen molar-refractivity contribution in [3.8, 4) is 0 Å². The van der Waals surface area contributed by atoms with Crippen LogP contribution in [0.4, 0.5) is 6.01 Å². The molecule has 0 aromatic carbocycles. The summed E-state index contributed by atoms with van der Waals surface area (Å²) >= 11 is 0. The molecule has 2 saturated carbocycles. The van der Waals surface area contributed by atoms with Gasteiger partial charge in [-0.2, -0.15) is 0 Å². The fraction of sp³-hybridized carbons (Fsp3) is 0.857. The third-order valence-electron chi connectivity index (χ3n) is 4.34. The van der Waals surface area contributed by atoms with Crippen LogP contribution in [0.5, 0.6) is 0 Å². The standard InChI is InChI=1S/C14H24N4O/c1-2-10-3-5-12(6-4-10)16-14-18-17-13(19-14)9-15-11-7-8-11/h10-12,15H,2-9H2,1H3,(H,16,18). The third-order valence-corrected chi connectivity index (χ3v) is 4.34. The molecule has 2 aliphatic carbocycles. The second kappa shape index (κ2) is 5.90. The van der Waals surface area contributed by atoms with E-state index in [0.717, 1.165) is 5.92 Å². The average Bonchev–Trinajstić information content (AvgIpc) is 3.17. The maximum absolute atomic E-state index is 5.62. The summed E-state index contributed by atoms with van der Waals surface area (Å²) in [7, 11) is 0. The second-order valence-electron chi connectivity index (χ2n) is 5.93. The Labute approximate surface area is 114 Å². The Hall–Kier alpha value is -1.10. The van der Waals surface area contributed by atoms with Gasteiger partial charge in [0.2, 0.25) is 5.89 Å². The Morgan fingerprint density at radius 2 is 1.79 bits per heavy atom. The van der Waals surface area contributed by atoms with Crippen LogP contribution in [0.15, 0.2) is 4.42 Å². The molecule has 0 unspecified atom stereocenters. The van der Waals surface area contributed by atoms with Gasteiger partial charge in [0.1, 0.15) is 0 Å². The molecule has 1 aromatic heterocycles. The molecule has 19 heavy (non-hydrogen) atoms. The van der Waals surface area contributed by atoms with Gasteiger partial charge in [-0.1, -0.05) is 18.4 Å². The van der Waals surface area contributed by atoms with E-state index in [-0.39, 0.29) is 0 Å². The molecule has 0 aliphatic heterocycles. The van der Waals surface area contributed by atoms with Crippen molar-refractivity contribution in [3.05, 3.63) is 5.89 Å². The van der Waals surface area contributed by atoms with E-state index < -0.39 is 0 Å². The second-order valence-corrected chi connectivity index (χ2v) is 5.93. The molecule has 3 rings (SSSR count). The number of rotatable bonds is 6. The molecule has 5 nitrogen and oxygen atoms in total. The lowest BCUT2D eigenvalue weighted by molar-refractivity contribution is 0.326. The first kappa shape index (κ1) is 12.9. The topological polar surface area (TPSA) is 63.0 Å². The van der Waals surface area contributed by atoms with Crippen molar-refractivity contribution in [2.45, 2.75) is 70.5 Å². The van der Waals surface area contributed by atoms with Crippen LogP contribution in [0.3, 0.4) is 0 Å². The van der Waals surface area contributed by atoms with Crippen molar-refractivity contribution in [3.63, 3.8) is 0 Å². The molecule has 0 saturated heterocycles. The quantitative estimate of drug-likeness (QED) is 0.827. The molecule has 5 heteroatoms. The Bertz CT molecular complexity index is 394. The highest BCUT2D eigenvalue weighted by atomic mass is 16.4. The zero-order chi connectivity index (χ0) is 13.1. The molecule has 0 atom stereocenters. The van der Waals surface area contributed by atoms with Gasteiger partial charge in [-0.3, -0.25) is 0 Å². The molecule has 2 aliphatic rings. The van der Waals surface area contributed by atoms with E-state index in [0.29, 0.717) is 30.5 Å². The van der Waals surface area contributed by atoms with Gasteiger partial charge in [0.15, 0.2) is 0 Å². The lowest BCUT2D eigenvalue weighted by atomic mass is 9.85. The third kappa shape index (κ3) is 3.69. The van der Waals surface area contributed by atoms with Crippen LogP contribution in [0.25, 0.3) is 0 Å². The van der Waals surface area contributed by atoms with E-state index in [4.69, 9.17) is 4.42 Å². The van der Waals surface area contributed by atoms with Gasteiger partial charge >= 0.3 is 6.01 Å². The van der Waals surface area contributed by atoms with E-state index in [2.05, 4.69) is 27.8 Å². The molecule has 1 aromatic rings. The largest absolute Gasteiger partial charge is 0.407 e. The fourth-order valence-electron chi connectivity index (χ4n) is 2.79. The highest BCUT2D eigenvalue weighted by molar-refractivity contribution is 5.19. The number of anilines is 1. The molecule has 106 valence electrons. The normalized spacial score (nSPS) is 27.4. The van der Waals surface area contributed by atoms with Gasteiger partial charge in [-0.05, 0) is 44.4 Å². The van der Waals surface area contributed by atoms with Crippen molar-refractivity contribution < 1.29 is 4.42 Å². The summed E-state index contributed by atoms with van der Waals surface area (Å²) < 4.78 is 5.62. The molecule has 2 N–H and O–H groups in total. The van der Waals surface area contributed by atoms with Crippen LogP contribution in [0.1, 0.15) is 57.8 Å². The highest BCUT2D eigenvalue weighted by Gasteiger charge is 2.23. The molecule has 0 spiro atoms. The smallest absolute Gasteiger partial charge is 0.315 e. The van der Waals surface area contributed by atoms with Crippen LogP contribution in [-0.4, -0.2) is 22.3 Å². The minimum Gasteiger partial charge on any atom is -0.407 e. The van der Waals surface area contributed by atoms with Crippen LogP contribution < -0.4 is 10.6 Å². The van der Waals surface area contributed by atoms with Crippen molar-refractivity contribution in [1.29, 1.82) is 0 Å². The number of hydrogen-bond acceptors (Lipinski definition) is 5. The zero-order valence-electron chi connectivity index (χ0n) is 11.7. The SMILES string of the molecule is CCC1CCC(Nc2nnc(CNC3CC3)o2)CC1. The summed E-state index contributed by atoms with van der Waals surface area (Å²) in [5, 5.41) is 14.9. The van der Waals surface area contributed by atoms with Gasteiger partial charge in [0.05, 0.1) is 6.54 Å². The predicted octanol–water partition coefficient (Wildman–Crippen LogP) is 2.70. The van der Waals surface area contributed by atoms with Crippen molar-refractivity contribution >= 4 is 6.01 Å². The number of nitrogens with zero attached hydrogens (tertiary/aromatic N) is 2. The van der Waals surface area contributed by atoms with E-state index in [1.807, 2.05) is 0 Å². The molecule has 0 amide bonds. The number of hydrogen-bond donors (Lipinski definition) is 2. The van der Waals surface area contributed by atoms with Crippen molar-refractivity contribution in [1.82, 2.24) is 15.5 Å². The fourth-order valence-corrected chi connectivity index (χ4v) is 2.79. The zero-order valence-corrected chi connectivity index (χ0v) is 11.7. The minimum atomic E-state index is 0.507. The Balaban J connectivity index is 1.44. The van der Waals surface area contributed by atoms with Gasteiger partial charge < -0.3 is 15.1 Å². The summed E-state index contributed by atoms with van der Waals surface area (Å²) in [6.07, 6.45) is 8.94. The van der Waals surface area contributed by atoms with Crippen LogP contribution in [0, 0.1) is 5.92 Å². The van der Waals surface area contributed by atoms with E-state index >= 15 is 0 Å². The summed E-state index contributed by atoms with van der Waals surface area (Å²) in [5.74, 6) is 1.61. The van der Waals surface area contributed by atoms with Crippen molar-refractivity contribution in [2.24, 2.45) is 5.92 Å². The average molecular weight is 264 g/mol. The van der Waals surface area contributed by atoms with E-state index in [9.17, 15) is 0 Å². The summed E-state index contributed by atoms with van der Waals surface area (Å²) in [4.78, 5) is 0. The Kier molecular flexibility index (Phi) is 4.01. The maximum Gasteiger partial charge on any atom is 0.315 e. The first-order chi connectivity index (χ1) is 9.33. The number of aromatic nitrogens is 2. The number of nitrogens with one attached hydrogen (secondary N) is 2. The maximum atomic E-state index is 5.62. The summed E-state index contributed by atoms with van der Waals surface area (Å²) in [6.45, 7) is 2.98. The molecule has 0 bridgehead atoms. The van der Waals surface area contributed by atoms with Crippen LogP contribution in [0.2, 0.25) is 0 Å². The van der Waals surface area contributed by atoms with Gasteiger partial charge in [0.25, 0.3) is 0 Å². The van der Waals surface area contributed by atoms with Gasteiger partial charge in [0, 0.05) is 12.1 Å². The summed E-state index contributed by atoms with van der Waals surface area (Å²) in [5.41, 5.74) is 0. The summed E-state index contributed by atoms with van der Waals surface area (Å²) in [6, 6.07) is 1.77. The molecular weight excluding hydrogens is 240 g/mol. The van der Waals surface area contributed by atoms with Crippen LogP contribution >= 0.6 is 0 Å². The molecule has 0 radical (unpaired) electrons. The molecule has 2 fully saturated rings. The highest BCUT2D eigenvalue weighted by Crippen LogP contribution is 2.28. The van der Waals surface area contributed by atoms with E-state index in [1.54, 1.807) is 0 Å². The monoisotopic (exact) mass is 264 g/mol. The van der Waals surface area contributed by atoms with E-state index in [1.165, 1.54) is 44.9 Å². The lowest BCUT2D eigenvalue weighted by Gasteiger charge is -2.27. The lowest BCUT2D eigenvalue weighted by Crippen LogP contribution is -2.26. The van der Waals surface area contributed by atoms with Gasteiger partial charge in [-0.15, -0.1) is 5.10 Å². The molecule has 1 heterocycles. The first-order valence-corrected chi connectivity index (χ1v) is 7.65. The van der Waals surface area contributed by atoms with Crippen molar-refractivity contribution in [2.75, 3.05) is 5.32 Å². The van der Waals surface area contributed by atoms with Gasteiger partial charge in [-0.25, -0.2) is 0 Å². The first-order valence-electron chi connectivity index (χ1n) is 7.65. The predicted molar refractivity (Wildman–Crippen MR) is 73.8 cm³/mol. The van der Waals surface area contributed by atoms with Crippen LogP contribution in [-0.2, 0) is 6.54 Å². The Morgan fingerprint density at radius 3 is 2.47 bits per heavy atom. The minimum absolute atomic E-state index is 0.507. The molecular formula is C14H24N4O.